The summed E-state index contributed by atoms with van der Waals surface area (Å²) < 4.78 is 9.65. The number of carbonyl (C=O) groups excluding carboxylic acids is 2. The van der Waals surface area contributed by atoms with Gasteiger partial charge in [0.15, 0.2) is 0 Å². The first-order valence-electron chi connectivity index (χ1n) is 5.71. The zero-order valence-corrected chi connectivity index (χ0v) is 13.6. The molecule has 2 aromatic carbocycles. The summed E-state index contributed by atoms with van der Waals surface area (Å²) in [6, 6.07) is 8.35. The second kappa shape index (κ2) is 7.20. The molecule has 0 aromatic heterocycles. The molecule has 2 rings (SSSR count). The largest absolute Gasteiger partial charge is 0.423 e. The molecule has 0 atom stereocenters. The number of esters is 2. The van der Waals surface area contributed by atoms with E-state index in [1.807, 2.05) is 0 Å². The Morgan fingerprint density at radius 3 is 1.36 bits per heavy atom. The molecule has 4 nitrogen and oxygen atoms in total. The predicted octanol–water partition coefficient (Wildman–Crippen LogP) is 4.81. The summed E-state index contributed by atoms with van der Waals surface area (Å²) in [7, 11) is 0. The summed E-state index contributed by atoms with van der Waals surface area (Å²) in [6.45, 7) is 0. The summed E-state index contributed by atoms with van der Waals surface area (Å²) in [5.74, 6) is -2.55. The van der Waals surface area contributed by atoms with E-state index in [2.05, 4.69) is 0 Å². The minimum Gasteiger partial charge on any atom is -0.416 e. The van der Waals surface area contributed by atoms with Gasteiger partial charge in [-0.2, -0.15) is 0 Å². The number of halogens is 4. The van der Waals surface area contributed by atoms with Crippen molar-refractivity contribution in [3.63, 3.8) is 0 Å². The second-order valence-electron chi connectivity index (χ2n) is 3.93. The minimum absolute atomic E-state index is 0.0183. The fourth-order valence-corrected chi connectivity index (χ4v) is 2.29. The highest BCUT2D eigenvalue weighted by atomic mass is 35.5. The van der Waals surface area contributed by atoms with Gasteiger partial charge in [-0.3, -0.25) is 0 Å². The first-order chi connectivity index (χ1) is 10.4. The van der Waals surface area contributed by atoms with Crippen LogP contribution in [0, 0.1) is 0 Å². The van der Waals surface area contributed by atoms with Gasteiger partial charge in [0.25, 0.3) is 0 Å². The standard InChI is InChI=1S/C14H6Cl4O4/c15-7-1-3-11(9(17)5-7)21-13(19)14(20)22-12-4-2-8(16)6-10(12)18/h1-6H. The number of hydrogen-bond donors (Lipinski definition) is 0. The van der Waals surface area contributed by atoms with Crippen LogP contribution in [0.3, 0.4) is 0 Å². The molecule has 8 heteroatoms. The van der Waals surface area contributed by atoms with Crippen molar-refractivity contribution >= 4 is 58.3 Å². The Labute approximate surface area is 145 Å². The fraction of sp³-hybridized carbons (Fsp3) is 0. The van der Waals surface area contributed by atoms with E-state index >= 15 is 0 Å². The molecule has 2 aromatic rings. The highest BCUT2D eigenvalue weighted by molar-refractivity contribution is 6.37. The van der Waals surface area contributed by atoms with E-state index in [1.54, 1.807) is 0 Å². The molecule has 0 bridgehead atoms. The van der Waals surface area contributed by atoms with Crippen molar-refractivity contribution in [2.75, 3.05) is 0 Å². The maximum absolute atomic E-state index is 11.7. The van der Waals surface area contributed by atoms with E-state index in [0.717, 1.165) is 0 Å². The van der Waals surface area contributed by atoms with Crippen LogP contribution in [0.25, 0.3) is 0 Å². The average molecular weight is 380 g/mol. The normalized spacial score (nSPS) is 10.2. The lowest BCUT2D eigenvalue weighted by Gasteiger charge is -2.07. The molecule has 0 aliphatic rings. The van der Waals surface area contributed by atoms with Gasteiger partial charge < -0.3 is 9.47 Å². The summed E-state index contributed by atoms with van der Waals surface area (Å²) in [5, 5.41) is 0.886. The van der Waals surface area contributed by atoms with Gasteiger partial charge in [0.05, 0.1) is 10.0 Å². The Kier molecular flexibility index (Phi) is 5.53. The SMILES string of the molecule is O=C(Oc1ccc(Cl)cc1Cl)C(=O)Oc1ccc(Cl)cc1Cl. The zero-order chi connectivity index (χ0) is 16.3. The van der Waals surface area contributed by atoms with Gasteiger partial charge in [0.2, 0.25) is 0 Å². The van der Waals surface area contributed by atoms with Gasteiger partial charge in [-0.1, -0.05) is 46.4 Å². The Bertz CT molecular complexity index is 682. The van der Waals surface area contributed by atoms with Crippen molar-refractivity contribution in [2.24, 2.45) is 0 Å². The van der Waals surface area contributed by atoms with Crippen molar-refractivity contribution in [3.05, 3.63) is 56.5 Å². The van der Waals surface area contributed by atoms with E-state index in [-0.39, 0.29) is 21.5 Å². The van der Waals surface area contributed by atoms with Crippen molar-refractivity contribution in [2.45, 2.75) is 0 Å². The summed E-state index contributed by atoms with van der Waals surface area (Å²) in [5.41, 5.74) is 0. The molecule has 0 radical (unpaired) electrons. The number of carbonyl (C=O) groups is 2. The van der Waals surface area contributed by atoms with E-state index in [0.29, 0.717) is 10.0 Å². The predicted molar refractivity (Wildman–Crippen MR) is 84.2 cm³/mol. The molecule has 0 saturated heterocycles. The monoisotopic (exact) mass is 378 g/mol. The van der Waals surface area contributed by atoms with Gasteiger partial charge in [-0.05, 0) is 36.4 Å². The Morgan fingerprint density at radius 2 is 1.05 bits per heavy atom. The molecule has 0 unspecified atom stereocenters. The van der Waals surface area contributed by atoms with Gasteiger partial charge in [-0.15, -0.1) is 0 Å². The van der Waals surface area contributed by atoms with Crippen LogP contribution < -0.4 is 9.47 Å². The second-order valence-corrected chi connectivity index (χ2v) is 5.62. The van der Waals surface area contributed by atoms with Crippen LogP contribution in [0.4, 0.5) is 0 Å². The van der Waals surface area contributed by atoms with Crippen LogP contribution >= 0.6 is 46.4 Å². The zero-order valence-electron chi connectivity index (χ0n) is 10.6. The van der Waals surface area contributed by atoms with Gasteiger partial charge in [0, 0.05) is 10.0 Å². The van der Waals surface area contributed by atoms with E-state index < -0.39 is 11.9 Å². The Balaban J connectivity index is 2.07. The topological polar surface area (TPSA) is 52.6 Å². The van der Waals surface area contributed by atoms with E-state index in [9.17, 15) is 9.59 Å². The lowest BCUT2D eigenvalue weighted by Crippen LogP contribution is -2.25. The van der Waals surface area contributed by atoms with Crippen LogP contribution in [0.5, 0.6) is 11.5 Å². The third-order valence-electron chi connectivity index (χ3n) is 2.36. The van der Waals surface area contributed by atoms with Crippen LogP contribution in [0.1, 0.15) is 0 Å². The molecule has 0 amide bonds. The quantitative estimate of drug-likeness (QED) is 0.426. The Morgan fingerprint density at radius 1 is 0.682 bits per heavy atom. The smallest absolute Gasteiger partial charge is 0.416 e. The van der Waals surface area contributed by atoms with Crippen molar-refractivity contribution < 1.29 is 19.1 Å². The molecule has 0 fully saturated rings. The van der Waals surface area contributed by atoms with Crippen LogP contribution in [-0.4, -0.2) is 11.9 Å². The molecule has 0 spiro atoms. The third kappa shape index (κ3) is 4.27. The third-order valence-corrected chi connectivity index (χ3v) is 3.42. The molecular formula is C14H6Cl4O4. The Hall–Kier alpha value is -1.46. The van der Waals surface area contributed by atoms with Crippen molar-refractivity contribution in [3.8, 4) is 11.5 Å². The summed E-state index contributed by atoms with van der Waals surface area (Å²) >= 11 is 23.1. The average Bonchev–Trinajstić information content (AvgIpc) is 2.44. The van der Waals surface area contributed by atoms with Crippen LogP contribution in [-0.2, 0) is 9.59 Å². The first kappa shape index (κ1) is 16.9. The molecule has 0 aliphatic heterocycles. The first-order valence-corrected chi connectivity index (χ1v) is 7.22. The molecule has 0 saturated carbocycles. The summed E-state index contributed by atoms with van der Waals surface area (Å²) in [4.78, 5) is 23.3. The number of benzene rings is 2. The molecule has 0 aliphatic carbocycles. The molecule has 0 N–H and O–H groups in total. The highest BCUT2D eigenvalue weighted by Gasteiger charge is 2.21. The van der Waals surface area contributed by atoms with Crippen molar-refractivity contribution in [1.29, 1.82) is 0 Å². The number of hydrogen-bond acceptors (Lipinski definition) is 4. The number of ether oxygens (including phenoxy) is 2. The lowest BCUT2D eigenvalue weighted by atomic mass is 10.3. The molecule has 22 heavy (non-hydrogen) atoms. The summed E-state index contributed by atoms with van der Waals surface area (Å²) in [6.07, 6.45) is 0. The highest BCUT2D eigenvalue weighted by Crippen LogP contribution is 2.29. The van der Waals surface area contributed by atoms with Gasteiger partial charge in [-0.25, -0.2) is 9.59 Å². The molecule has 114 valence electrons. The fourth-order valence-electron chi connectivity index (χ4n) is 1.40. The van der Waals surface area contributed by atoms with Crippen LogP contribution in [0.15, 0.2) is 36.4 Å². The molecule has 0 heterocycles. The minimum atomic E-state index is -1.25. The van der Waals surface area contributed by atoms with E-state index in [4.69, 9.17) is 55.9 Å². The maximum Gasteiger partial charge on any atom is 0.423 e. The van der Waals surface area contributed by atoms with E-state index in [1.165, 1.54) is 36.4 Å². The van der Waals surface area contributed by atoms with Crippen molar-refractivity contribution in [1.82, 2.24) is 0 Å². The maximum atomic E-state index is 11.7. The van der Waals surface area contributed by atoms with Gasteiger partial charge in [0.1, 0.15) is 11.5 Å². The van der Waals surface area contributed by atoms with Crippen LogP contribution in [0.2, 0.25) is 20.1 Å². The lowest BCUT2D eigenvalue weighted by molar-refractivity contribution is -0.156. The number of rotatable bonds is 2. The molecular weight excluding hydrogens is 374 g/mol. The van der Waals surface area contributed by atoms with Gasteiger partial charge >= 0.3 is 11.9 Å².